The number of aromatic amines is 2. The van der Waals surface area contributed by atoms with Crippen LogP contribution in [0, 0.1) is 5.92 Å². The number of amides is 4. The van der Waals surface area contributed by atoms with E-state index < -0.39 is 24.3 Å². The van der Waals surface area contributed by atoms with Crippen molar-refractivity contribution in [2.75, 3.05) is 27.3 Å². The Balaban J connectivity index is 0.985. The number of imidazole rings is 2. The standard InChI is InChI=1S/C44H47N9O6/c1-25(2)37(50-43(56)58-3)41(54)53-19-9-13-36(53)40-47-31-17-16-28(22-33(31)48-40)27-14-15-29-20-30(23-45-32(29)21-27)34-24-46-39(49-34)35-12-8-18-52(35)42(55)38(51-44(57)59-4)26-10-6-5-7-11-26/h5-7,10-11,14-17,20-25,35-38H,8-9,12-13,18-19H2,1-4H3,(H,46,49)(H,47,48)(H,50,56)(H,51,57). The Bertz CT molecular complexity index is 2520. The highest BCUT2D eigenvalue weighted by Gasteiger charge is 2.39. The number of rotatable bonds is 10. The molecule has 5 heterocycles. The molecule has 0 saturated carbocycles. The number of hydrogen-bond donors (Lipinski definition) is 4. The Labute approximate surface area is 340 Å². The van der Waals surface area contributed by atoms with Gasteiger partial charge in [0.2, 0.25) is 5.91 Å². The summed E-state index contributed by atoms with van der Waals surface area (Å²) in [5, 5.41) is 6.37. The quantitative estimate of drug-likeness (QED) is 0.114. The molecule has 2 saturated heterocycles. The summed E-state index contributed by atoms with van der Waals surface area (Å²) in [6.07, 6.45) is 5.41. The number of H-pyrrole nitrogens is 2. The van der Waals surface area contributed by atoms with Crippen LogP contribution < -0.4 is 10.6 Å². The van der Waals surface area contributed by atoms with Crippen LogP contribution in [-0.4, -0.2) is 92.1 Å². The second kappa shape index (κ2) is 16.6. The minimum Gasteiger partial charge on any atom is -0.453 e. The van der Waals surface area contributed by atoms with Gasteiger partial charge in [-0.2, -0.15) is 0 Å². The number of hydrogen-bond acceptors (Lipinski definition) is 9. The van der Waals surface area contributed by atoms with Crippen LogP contribution in [0.3, 0.4) is 0 Å². The Kier molecular flexibility index (Phi) is 11.0. The van der Waals surface area contributed by atoms with E-state index in [9.17, 15) is 19.2 Å². The summed E-state index contributed by atoms with van der Waals surface area (Å²) in [5.41, 5.74) is 6.80. The highest BCUT2D eigenvalue weighted by molar-refractivity contribution is 5.90. The Morgan fingerprint density at radius 1 is 0.712 bits per heavy atom. The fraction of sp³-hybridized carbons (Fsp3) is 0.341. The lowest BCUT2D eigenvalue weighted by molar-refractivity contribution is -0.135. The molecule has 4 unspecified atom stereocenters. The molecule has 0 radical (unpaired) electrons. The summed E-state index contributed by atoms with van der Waals surface area (Å²) >= 11 is 0. The largest absolute Gasteiger partial charge is 0.453 e. The van der Waals surface area contributed by atoms with Gasteiger partial charge in [0, 0.05) is 30.2 Å². The molecule has 2 fully saturated rings. The lowest BCUT2D eigenvalue weighted by atomic mass is 10.0. The first-order chi connectivity index (χ1) is 28.6. The van der Waals surface area contributed by atoms with Gasteiger partial charge in [0.05, 0.1) is 54.7 Å². The zero-order valence-electron chi connectivity index (χ0n) is 33.4. The number of ether oxygens (including phenoxy) is 2. The van der Waals surface area contributed by atoms with Gasteiger partial charge in [-0.05, 0) is 72.6 Å². The fourth-order valence-electron chi connectivity index (χ4n) is 8.25. The van der Waals surface area contributed by atoms with E-state index in [0.717, 1.165) is 75.8 Å². The number of likely N-dealkylation sites (tertiary alicyclic amines) is 2. The Morgan fingerprint density at radius 2 is 1.39 bits per heavy atom. The molecule has 4 atom stereocenters. The van der Waals surface area contributed by atoms with Crippen LogP contribution in [0.1, 0.15) is 74.9 Å². The predicted octanol–water partition coefficient (Wildman–Crippen LogP) is 6.97. The minimum absolute atomic E-state index is 0.117. The summed E-state index contributed by atoms with van der Waals surface area (Å²) in [6.45, 7) is 4.92. The van der Waals surface area contributed by atoms with E-state index >= 15 is 0 Å². The predicted molar refractivity (Wildman–Crippen MR) is 221 cm³/mol. The van der Waals surface area contributed by atoms with Crippen LogP contribution in [0.2, 0.25) is 0 Å². The maximum atomic E-state index is 13.9. The number of benzene rings is 3. The van der Waals surface area contributed by atoms with E-state index in [4.69, 9.17) is 24.4 Å². The molecule has 8 rings (SSSR count). The second-order valence-electron chi connectivity index (χ2n) is 15.4. The number of methoxy groups -OCH3 is 2. The van der Waals surface area contributed by atoms with Gasteiger partial charge >= 0.3 is 12.2 Å². The van der Waals surface area contributed by atoms with Gasteiger partial charge in [-0.1, -0.05) is 62.4 Å². The zero-order chi connectivity index (χ0) is 41.2. The van der Waals surface area contributed by atoms with E-state index in [2.05, 4.69) is 44.9 Å². The van der Waals surface area contributed by atoms with Crippen molar-refractivity contribution in [1.82, 2.24) is 45.4 Å². The maximum Gasteiger partial charge on any atom is 0.407 e. The smallest absolute Gasteiger partial charge is 0.407 e. The second-order valence-corrected chi connectivity index (χ2v) is 15.4. The summed E-state index contributed by atoms with van der Waals surface area (Å²) in [7, 11) is 2.56. The maximum absolute atomic E-state index is 13.9. The minimum atomic E-state index is -0.894. The van der Waals surface area contributed by atoms with Crippen LogP contribution in [0.5, 0.6) is 0 Å². The fourth-order valence-corrected chi connectivity index (χ4v) is 8.25. The van der Waals surface area contributed by atoms with E-state index in [1.807, 2.05) is 73.5 Å². The van der Waals surface area contributed by atoms with Gasteiger partial charge in [0.1, 0.15) is 23.7 Å². The van der Waals surface area contributed by atoms with Crippen LogP contribution in [0.25, 0.3) is 44.3 Å². The summed E-state index contributed by atoms with van der Waals surface area (Å²) in [4.78, 5) is 76.7. The average molecular weight is 798 g/mol. The van der Waals surface area contributed by atoms with Crippen LogP contribution in [-0.2, 0) is 19.1 Å². The molecule has 4 N–H and O–H groups in total. The van der Waals surface area contributed by atoms with Crippen molar-refractivity contribution >= 4 is 45.9 Å². The molecule has 59 heavy (non-hydrogen) atoms. The summed E-state index contributed by atoms with van der Waals surface area (Å²) in [5.74, 6) is 0.900. The average Bonchev–Trinajstić information content (AvgIpc) is 4.10. The topological polar surface area (TPSA) is 188 Å². The van der Waals surface area contributed by atoms with Gasteiger partial charge in [-0.15, -0.1) is 0 Å². The third-order valence-electron chi connectivity index (χ3n) is 11.3. The van der Waals surface area contributed by atoms with Crippen molar-refractivity contribution in [2.24, 2.45) is 5.92 Å². The molecule has 0 aliphatic carbocycles. The van der Waals surface area contributed by atoms with Crippen molar-refractivity contribution in [2.45, 2.75) is 63.7 Å². The molecule has 0 spiro atoms. The molecule has 6 aromatic rings. The number of nitrogens with zero attached hydrogens (tertiary/aromatic N) is 5. The summed E-state index contributed by atoms with van der Waals surface area (Å²) < 4.78 is 9.60. The Hall–Kier alpha value is -6.77. The van der Waals surface area contributed by atoms with Gasteiger partial charge in [0.15, 0.2) is 0 Å². The number of fused-ring (bicyclic) bond motifs is 2. The molecule has 15 nitrogen and oxygen atoms in total. The van der Waals surface area contributed by atoms with Crippen molar-refractivity contribution < 1.29 is 28.7 Å². The molecule has 304 valence electrons. The van der Waals surface area contributed by atoms with E-state index in [1.54, 1.807) is 11.1 Å². The molecular formula is C44H47N9O6. The first-order valence-corrected chi connectivity index (χ1v) is 19.9. The van der Waals surface area contributed by atoms with Crippen molar-refractivity contribution in [3.8, 4) is 22.4 Å². The monoisotopic (exact) mass is 797 g/mol. The van der Waals surface area contributed by atoms with Crippen molar-refractivity contribution in [3.05, 3.63) is 102 Å². The first-order valence-electron chi connectivity index (χ1n) is 19.9. The highest BCUT2D eigenvalue weighted by atomic mass is 16.5. The normalized spacial score (nSPS) is 17.6. The van der Waals surface area contributed by atoms with E-state index in [-0.39, 0.29) is 29.8 Å². The molecule has 15 heteroatoms. The summed E-state index contributed by atoms with van der Waals surface area (Å²) in [6, 6.07) is 21.4. The molecular weight excluding hydrogens is 751 g/mol. The number of carbonyl (C=O) groups excluding carboxylic acids is 4. The van der Waals surface area contributed by atoms with E-state index in [0.29, 0.717) is 24.5 Å². The van der Waals surface area contributed by atoms with Crippen molar-refractivity contribution in [1.29, 1.82) is 0 Å². The molecule has 2 aliphatic rings. The molecule has 3 aromatic heterocycles. The number of aromatic nitrogens is 5. The van der Waals surface area contributed by atoms with Crippen LogP contribution >= 0.6 is 0 Å². The SMILES string of the molecule is COC(=O)NC(C(=O)N1CCCC1c1ncc(-c2cnc3cc(-c4ccc5nc(C6CCCN6C(=O)C(NC(=O)OC)C(C)C)[nH]c5c4)ccc3c2)[nH]1)c1ccccc1. The first kappa shape index (κ1) is 39.1. The van der Waals surface area contributed by atoms with E-state index in [1.165, 1.54) is 14.2 Å². The van der Waals surface area contributed by atoms with Gasteiger partial charge in [0.25, 0.3) is 5.91 Å². The van der Waals surface area contributed by atoms with Gasteiger partial charge in [-0.3, -0.25) is 14.6 Å². The van der Waals surface area contributed by atoms with Gasteiger partial charge < -0.3 is 39.9 Å². The van der Waals surface area contributed by atoms with Crippen LogP contribution in [0.4, 0.5) is 9.59 Å². The number of carbonyl (C=O) groups is 4. The number of nitrogens with one attached hydrogen (secondary N) is 4. The molecule has 3 aromatic carbocycles. The number of pyridine rings is 1. The zero-order valence-corrected chi connectivity index (χ0v) is 33.4. The van der Waals surface area contributed by atoms with Crippen LogP contribution in [0.15, 0.2) is 85.2 Å². The third-order valence-corrected chi connectivity index (χ3v) is 11.3. The lowest BCUT2D eigenvalue weighted by Gasteiger charge is -2.29. The molecule has 2 aliphatic heterocycles. The number of alkyl carbamates (subject to hydrolysis) is 2. The highest BCUT2D eigenvalue weighted by Crippen LogP contribution is 2.36. The molecule has 0 bridgehead atoms. The van der Waals surface area contributed by atoms with Gasteiger partial charge in [-0.25, -0.2) is 19.6 Å². The third kappa shape index (κ3) is 7.92. The Morgan fingerprint density at radius 3 is 2.12 bits per heavy atom. The van der Waals surface area contributed by atoms with Crippen molar-refractivity contribution in [3.63, 3.8) is 0 Å². The lowest BCUT2D eigenvalue weighted by Crippen LogP contribution is -2.51. The molecule has 4 amide bonds.